The summed E-state index contributed by atoms with van der Waals surface area (Å²) in [5.74, 6) is 1.92. The molecule has 1 aliphatic carbocycles. The SMILES string of the molecule is Ic1ccc2ncnc(NC3CC4(CCC4)Oc4ccccc43)c2c1. The summed E-state index contributed by atoms with van der Waals surface area (Å²) in [7, 11) is 0. The van der Waals surface area contributed by atoms with Gasteiger partial charge in [0, 0.05) is 20.9 Å². The number of ether oxygens (including phenoxy) is 1. The van der Waals surface area contributed by atoms with Gasteiger partial charge in [0.15, 0.2) is 0 Å². The third-order valence-corrected chi connectivity index (χ3v) is 6.04. The predicted molar refractivity (Wildman–Crippen MR) is 107 cm³/mol. The van der Waals surface area contributed by atoms with E-state index in [-0.39, 0.29) is 11.6 Å². The molecule has 0 bridgehead atoms. The van der Waals surface area contributed by atoms with Crippen LogP contribution in [0.5, 0.6) is 5.75 Å². The molecule has 4 nitrogen and oxygen atoms in total. The second-order valence-corrected chi connectivity index (χ2v) is 8.21. The lowest BCUT2D eigenvalue weighted by atomic mass is 9.73. The molecule has 0 radical (unpaired) electrons. The fraction of sp³-hybridized carbons (Fsp3) is 0.300. The van der Waals surface area contributed by atoms with Gasteiger partial charge in [-0.2, -0.15) is 0 Å². The minimum absolute atomic E-state index is 0.00325. The number of hydrogen-bond donors (Lipinski definition) is 1. The molecule has 2 aliphatic rings. The van der Waals surface area contributed by atoms with Crippen molar-refractivity contribution in [2.45, 2.75) is 37.3 Å². The summed E-state index contributed by atoms with van der Waals surface area (Å²) in [4.78, 5) is 8.94. The van der Waals surface area contributed by atoms with Crippen molar-refractivity contribution in [2.75, 3.05) is 5.32 Å². The first kappa shape index (κ1) is 15.4. The largest absolute Gasteiger partial charge is 0.487 e. The third-order valence-electron chi connectivity index (χ3n) is 5.37. The highest BCUT2D eigenvalue weighted by Crippen LogP contribution is 2.49. The fourth-order valence-corrected chi connectivity index (χ4v) is 4.42. The number of fused-ring (bicyclic) bond motifs is 2. The molecule has 1 fully saturated rings. The lowest BCUT2D eigenvalue weighted by Crippen LogP contribution is -2.48. The van der Waals surface area contributed by atoms with E-state index >= 15 is 0 Å². The Morgan fingerprint density at radius 3 is 2.84 bits per heavy atom. The summed E-state index contributed by atoms with van der Waals surface area (Å²) >= 11 is 2.33. The molecule has 0 saturated heterocycles. The molecular weight excluding hydrogens is 425 g/mol. The van der Waals surface area contributed by atoms with E-state index in [0.717, 1.165) is 41.7 Å². The summed E-state index contributed by atoms with van der Waals surface area (Å²) in [6, 6.07) is 14.9. The number of rotatable bonds is 2. The van der Waals surface area contributed by atoms with Gasteiger partial charge in [0.2, 0.25) is 0 Å². The Hall–Kier alpha value is -1.89. The Bertz CT molecular complexity index is 955. The van der Waals surface area contributed by atoms with E-state index in [1.807, 2.05) is 0 Å². The van der Waals surface area contributed by atoms with Gasteiger partial charge in [0.25, 0.3) is 0 Å². The molecular formula is C20H18IN3O. The van der Waals surface area contributed by atoms with Crippen LogP contribution in [0.2, 0.25) is 0 Å². The van der Waals surface area contributed by atoms with Gasteiger partial charge >= 0.3 is 0 Å². The molecule has 1 N–H and O–H groups in total. The highest BCUT2D eigenvalue weighted by Gasteiger charge is 2.45. The van der Waals surface area contributed by atoms with Crippen LogP contribution in [0.3, 0.4) is 0 Å². The van der Waals surface area contributed by atoms with E-state index in [9.17, 15) is 0 Å². The van der Waals surface area contributed by atoms with Crippen LogP contribution in [0.15, 0.2) is 48.8 Å². The molecule has 2 heterocycles. The third kappa shape index (κ3) is 2.65. The molecule has 1 atom stereocenters. The van der Waals surface area contributed by atoms with E-state index in [2.05, 4.69) is 80.3 Å². The van der Waals surface area contributed by atoms with Crippen molar-refractivity contribution in [3.05, 3.63) is 57.9 Å². The number of anilines is 1. The summed E-state index contributed by atoms with van der Waals surface area (Å²) in [5.41, 5.74) is 2.19. The van der Waals surface area contributed by atoms with Crippen molar-refractivity contribution in [1.82, 2.24) is 9.97 Å². The van der Waals surface area contributed by atoms with Gasteiger partial charge < -0.3 is 10.1 Å². The molecule has 1 unspecified atom stereocenters. The zero-order valence-corrected chi connectivity index (χ0v) is 15.9. The van der Waals surface area contributed by atoms with Gasteiger partial charge in [-0.05, 0) is 66.1 Å². The standard InChI is InChI=1S/C20H18IN3O/c21-13-6-7-16-15(10-13)19(23-12-22-16)24-17-11-20(8-3-9-20)25-18-5-2-1-4-14(17)18/h1-2,4-7,10,12,17H,3,8-9,11H2,(H,22,23,24). The second kappa shape index (κ2) is 5.83. The first-order chi connectivity index (χ1) is 12.2. The van der Waals surface area contributed by atoms with Crippen LogP contribution in [0.1, 0.15) is 37.3 Å². The van der Waals surface area contributed by atoms with Gasteiger partial charge in [-0.15, -0.1) is 0 Å². The Labute approximate surface area is 160 Å². The minimum Gasteiger partial charge on any atom is -0.487 e. The van der Waals surface area contributed by atoms with Crippen LogP contribution in [-0.4, -0.2) is 15.6 Å². The summed E-state index contributed by atoms with van der Waals surface area (Å²) in [6.45, 7) is 0. The normalized spacial score (nSPS) is 20.6. The topological polar surface area (TPSA) is 47.0 Å². The van der Waals surface area contributed by atoms with Crippen LogP contribution in [0, 0.1) is 3.57 Å². The number of hydrogen-bond acceptors (Lipinski definition) is 4. The van der Waals surface area contributed by atoms with Crippen LogP contribution >= 0.6 is 22.6 Å². The number of nitrogens with one attached hydrogen (secondary N) is 1. The molecule has 5 heteroatoms. The number of halogens is 1. The maximum absolute atomic E-state index is 6.36. The van der Waals surface area contributed by atoms with E-state index < -0.39 is 0 Å². The number of benzene rings is 2. The molecule has 1 spiro atoms. The zero-order valence-electron chi connectivity index (χ0n) is 13.7. The van der Waals surface area contributed by atoms with Gasteiger partial charge in [-0.3, -0.25) is 0 Å². The lowest BCUT2D eigenvalue weighted by Gasteiger charge is -2.48. The van der Waals surface area contributed by atoms with Crippen molar-refractivity contribution in [1.29, 1.82) is 0 Å². The predicted octanol–water partition coefficient (Wildman–Crippen LogP) is 5.09. The zero-order chi connectivity index (χ0) is 16.9. The monoisotopic (exact) mass is 443 g/mol. The average molecular weight is 443 g/mol. The van der Waals surface area contributed by atoms with Crippen LogP contribution in [0.4, 0.5) is 5.82 Å². The number of aromatic nitrogens is 2. The fourth-order valence-electron chi connectivity index (χ4n) is 3.93. The highest BCUT2D eigenvalue weighted by molar-refractivity contribution is 14.1. The quantitative estimate of drug-likeness (QED) is 0.561. The van der Waals surface area contributed by atoms with Crippen molar-refractivity contribution in [3.63, 3.8) is 0 Å². The summed E-state index contributed by atoms with van der Waals surface area (Å²) in [5, 5.41) is 4.77. The minimum atomic E-state index is 0.00325. The highest BCUT2D eigenvalue weighted by atomic mass is 127. The van der Waals surface area contributed by atoms with E-state index in [0.29, 0.717) is 0 Å². The molecule has 5 rings (SSSR count). The number of para-hydroxylation sites is 1. The van der Waals surface area contributed by atoms with Gasteiger partial charge in [-0.25, -0.2) is 9.97 Å². The van der Waals surface area contributed by atoms with E-state index in [4.69, 9.17) is 4.74 Å². The molecule has 25 heavy (non-hydrogen) atoms. The van der Waals surface area contributed by atoms with Crippen LogP contribution < -0.4 is 10.1 Å². The second-order valence-electron chi connectivity index (χ2n) is 6.96. The van der Waals surface area contributed by atoms with Crippen molar-refractivity contribution in [2.24, 2.45) is 0 Å². The maximum atomic E-state index is 6.36. The molecule has 3 aromatic rings. The first-order valence-electron chi connectivity index (χ1n) is 8.67. The molecule has 0 amide bonds. The van der Waals surface area contributed by atoms with Crippen LogP contribution in [-0.2, 0) is 0 Å². The van der Waals surface area contributed by atoms with E-state index in [1.165, 1.54) is 15.6 Å². The first-order valence-corrected chi connectivity index (χ1v) is 9.75. The smallest absolute Gasteiger partial charge is 0.137 e. The van der Waals surface area contributed by atoms with Gasteiger partial charge in [0.1, 0.15) is 23.5 Å². The van der Waals surface area contributed by atoms with Crippen molar-refractivity contribution < 1.29 is 4.74 Å². The van der Waals surface area contributed by atoms with Crippen molar-refractivity contribution in [3.8, 4) is 5.75 Å². The summed E-state index contributed by atoms with van der Waals surface area (Å²) < 4.78 is 7.54. The van der Waals surface area contributed by atoms with Crippen LogP contribution in [0.25, 0.3) is 10.9 Å². The molecule has 1 saturated carbocycles. The average Bonchev–Trinajstić information content (AvgIpc) is 2.61. The molecule has 1 aromatic heterocycles. The molecule has 1 aliphatic heterocycles. The Morgan fingerprint density at radius 1 is 1.12 bits per heavy atom. The van der Waals surface area contributed by atoms with Crippen molar-refractivity contribution >= 4 is 39.3 Å². The number of nitrogens with zero attached hydrogens (tertiary/aromatic N) is 2. The molecule has 2 aromatic carbocycles. The Kier molecular flexibility index (Phi) is 3.58. The maximum Gasteiger partial charge on any atom is 0.137 e. The van der Waals surface area contributed by atoms with Gasteiger partial charge in [0.05, 0.1) is 11.6 Å². The van der Waals surface area contributed by atoms with E-state index in [1.54, 1.807) is 6.33 Å². The Morgan fingerprint density at radius 2 is 2.00 bits per heavy atom. The summed E-state index contributed by atoms with van der Waals surface area (Å²) in [6.07, 6.45) is 6.16. The lowest BCUT2D eigenvalue weighted by molar-refractivity contribution is -0.0309. The Balaban J connectivity index is 1.56. The molecule has 126 valence electrons. The van der Waals surface area contributed by atoms with Gasteiger partial charge in [-0.1, -0.05) is 18.2 Å².